The first-order valence-electron chi connectivity index (χ1n) is 8.28. The van der Waals surface area contributed by atoms with E-state index < -0.39 is 0 Å². The molecule has 0 unspecified atom stereocenters. The molecule has 128 valence electrons. The highest BCUT2D eigenvalue weighted by Crippen LogP contribution is 2.38. The maximum atomic E-state index is 12.8. The molecule has 1 N–H and O–H groups in total. The first kappa shape index (κ1) is 16.4. The molecule has 0 saturated carbocycles. The van der Waals surface area contributed by atoms with Crippen LogP contribution >= 0.6 is 12.2 Å². The van der Waals surface area contributed by atoms with E-state index in [4.69, 9.17) is 12.2 Å². The fourth-order valence-corrected chi connectivity index (χ4v) is 3.59. The molecule has 0 aliphatic heterocycles. The van der Waals surface area contributed by atoms with Crippen molar-refractivity contribution in [2.24, 2.45) is 0 Å². The molecule has 3 aromatic rings. The minimum absolute atomic E-state index is 0.107. The van der Waals surface area contributed by atoms with Crippen molar-refractivity contribution in [1.82, 2.24) is 4.73 Å². The zero-order valence-corrected chi connectivity index (χ0v) is 14.6. The monoisotopic (exact) mass is 361 g/mol. The number of carbonyl (C=O) groups is 2. The Morgan fingerprint density at radius 1 is 0.923 bits per heavy atom. The first-order chi connectivity index (χ1) is 12.6. The van der Waals surface area contributed by atoms with Gasteiger partial charge in [-0.3, -0.25) is 9.59 Å². The Hall–Kier alpha value is -3.05. The van der Waals surface area contributed by atoms with E-state index in [-0.39, 0.29) is 18.0 Å². The molecule has 2 aromatic carbocycles. The topological polar surface area (TPSA) is 59.3 Å². The van der Waals surface area contributed by atoms with Crippen molar-refractivity contribution in [2.45, 2.75) is 12.8 Å². The molecule has 26 heavy (non-hydrogen) atoms. The van der Waals surface area contributed by atoms with Crippen LogP contribution in [0.15, 0.2) is 60.7 Å². The number of ketones is 2. The van der Waals surface area contributed by atoms with E-state index in [2.05, 4.69) is 0 Å². The molecule has 4 rings (SSSR count). The average molecular weight is 361 g/mol. The molecule has 1 aliphatic rings. The Bertz CT molecular complexity index is 1110. The summed E-state index contributed by atoms with van der Waals surface area (Å²) in [6, 6.07) is 17.8. The van der Waals surface area contributed by atoms with Gasteiger partial charge in [-0.15, -0.1) is 0 Å². The quantitative estimate of drug-likeness (QED) is 0.331. The van der Waals surface area contributed by atoms with Crippen LogP contribution in [-0.4, -0.2) is 21.5 Å². The van der Waals surface area contributed by atoms with Crippen molar-refractivity contribution in [3.63, 3.8) is 0 Å². The number of carbonyl (C=O) groups excluding carboxylic acids is 2. The number of aryl methyl sites for hydroxylation is 1. The number of aromatic nitrogens is 1. The minimum Gasteiger partial charge on any atom is -0.427 e. The van der Waals surface area contributed by atoms with Crippen LogP contribution in [0.2, 0.25) is 0 Å². The Morgan fingerprint density at radius 2 is 1.62 bits per heavy atom. The van der Waals surface area contributed by atoms with E-state index in [9.17, 15) is 14.8 Å². The number of benzene rings is 2. The molecule has 1 heterocycles. The fourth-order valence-electron chi connectivity index (χ4n) is 3.39. The smallest absolute Gasteiger partial charge is 0.195 e. The number of pyridine rings is 1. The normalized spacial score (nSPS) is 11.9. The summed E-state index contributed by atoms with van der Waals surface area (Å²) in [5, 5.41) is 9.94. The number of hydrogen-bond donors (Lipinski definition) is 1. The Morgan fingerprint density at radius 3 is 2.42 bits per heavy atom. The van der Waals surface area contributed by atoms with E-state index in [0.717, 1.165) is 15.9 Å². The molecular formula is C21H15NO3S. The third kappa shape index (κ3) is 2.57. The van der Waals surface area contributed by atoms with Crippen molar-refractivity contribution >= 4 is 23.8 Å². The summed E-state index contributed by atoms with van der Waals surface area (Å²) >= 11 is 5.02. The molecule has 0 saturated heterocycles. The molecule has 0 spiro atoms. The minimum atomic E-state index is -0.127. The van der Waals surface area contributed by atoms with Gasteiger partial charge < -0.3 is 5.21 Å². The fraction of sp³-hybridized carbons (Fsp3) is 0.0952. The zero-order valence-electron chi connectivity index (χ0n) is 13.8. The standard InChI is InChI=1S/C21H15NO3S/c23-18(12-11-13-5-3-10-19(26)22(13)25)17-9-4-8-15-14-6-1-2-7-16(14)21(24)20(15)17/h1-10,25H,11-12H2. The highest BCUT2D eigenvalue weighted by Gasteiger charge is 2.30. The van der Waals surface area contributed by atoms with Crippen LogP contribution in [0.25, 0.3) is 11.1 Å². The molecule has 0 amide bonds. The lowest BCUT2D eigenvalue weighted by Gasteiger charge is -2.09. The summed E-state index contributed by atoms with van der Waals surface area (Å²) in [4.78, 5) is 25.6. The van der Waals surface area contributed by atoms with Gasteiger partial charge in [0.2, 0.25) is 0 Å². The third-order valence-electron chi connectivity index (χ3n) is 4.67. The molecule has 5 heteroatoms. The van der Waals surface area contributed by atoms with E-state index in [1.807, 2.05) is 24.3 Å². The summed E-state index contributed by atoms with van der Waals surface area (Å²) in [6.45, 7) is 0. The molecule has 4 nitrogen and oxygen atoms in total. The van der Waals surface area contributed by atoms with Gasteiger partial charge in [-0.2, -0.15) is 4.73 Å². The predicted octanol–water partition coefficient (Wildman–Crippen LogP) is 4.48. The van der Waals surface area contributed by atoms with Crippen LogP contribution in [0.3, 0.4) is 0 Å². The number of nitrogens with zero attached hydrogens (tertiary/aromatic N) is 1. The van der Waals surface area contributed by atoms with Gasteiger partial charge in [-0.25, -0.2) is 0 Å². The lowest BCUT2D eigenvalue weighted by Crippen LogP contribution is -2.10. The molecule has 0 atom stereocenters. The molecule has 0 fully saturated rings. The van der Waals surface area contributed by atoms with Crippen molar-refractivity contribution in [1.29, 1.82) is 0 Å². The molecule has 1 aliphatic carbocycles. The zero-order chi connectivity index (χ0) is 18.3. The lowest BCUT2D eigenvalue weighted by atomic mass is 9.95. The Kier molecular flexibility index (Phi) is 4.01. The molecule has 1 aromatic heterocycles. The Labute approximate surface area is 155 Å². The van der Waals surface area contributed by atoms with E-state index >= 15 is 0 Å². The van der Waals surface area contributed by atoms with Gasteiger partial charge in [-0.1, -0.05) is 60.7 Å². The van der Waals surface area contributed by atoms with Crippen LogP contribution < -0.4 is 0 Å². The van der Waals surface area contributed by atoms with Crippen molar-refractivity contribution < 1.29 is 14.8 Å². The summed E-state index contributed by atoms with van der Waals surface area (Å²) < 4.78 is 1.21. The predicted molar refractivity (Wildman–Crippen MR) is 100 cm³/mol. The van der Waals surface area contributed by atoms with Crippen molar-refractivity contribution in [3.8, 4) is 11.1 Å². The second-order valence-corrected chi connectivity index (χ2v) is 6.61. The SMILES string of the molecule is O=C(CCc1cccc(=S)n1O)c1cccc2c1C(=O)c1ccccc1-2. The first-order valence-corrected chi connectivity index (χ1v) is 8.69. The average Bonchev–Trinajstić information content (AvgIpc) is 2.96. The largest absolute Gasteiger partial charge is 0.427 e. The van der Waals surface area contributed by atoms with E-state index in [1.54, 1.807) is 36.4 Å². The van der Waals surface area contributed by atoms with Crippen molar-refractivity contribution in [3.05, 3.63) is 87.7 Å². The van der Waals surface area contributed by atoms with E-state index in [0.29, 0.717) is 33.4 Å². The summed E-state index contributed by atoms with van der Waals surface area (Å²) in [7, 11) is 0. The maximum absolute atomic E-state index is 12.8. The van der Waals surface area contributed by atoms with Gasteiger partial charge in [0, 0.05) is 23.1 Å². The molecule has 0 radical (unpaired) electrons. The Balaban J connectivity index is 1.66. The summed E-state index contributed by atoms with van der Waals surface area (Å²) in [5.74, 6) is -0.234. The summed E-state index contributed by atoms with van der Waals surface area (Å²) in [6.07, 6.45) is 0.518. The van der Waals surface area contributed by atoms with Gasteiger partial charge in [-0.05, 0) is 29.7 Å². The van der Waals surface area contributed by atoms with E-state index in [1.165, 1.54) is 0 Å². The highest BCUT2D eigenvalue weighted by atomic mass is 32.1. The van der Waals surface area contributed by atoms with Crippen LogP contribution in [0, 0.1) is 4.64 Å². The second kappa shape index (κ2) is 6.35. The van der Waals surface area contributed by atoms with Crippen molar-refractivity contribution in [2.75, 3.05) is 0 Å². The summed E-state index contributed by atoms with van der Waals surface area (Å²) in [5.41, 5.74) is 3.79. The van der Waals surface area contributed by atoms with Crippen LogP contribution in [0.5, 0.6) is 0 Å². The van der Waals surface area contributed by atoms with Crippen LogP contribution in [0.1, 0.15) is 38.4 Å². The number of rotatable bonds is 4. The van der Waals surface area contributed by atoms with Gasteiger partial charge in [0.25, 0.3) is 0 Å². The van der Waals surface area contributed by atoms with Gasteiger partial charge >= 0.3 is 0 Å². The van der Waals surface area contributed by atoms with Crippen LogP contribution in [-0.2, 0) is 6.42 Å². The molecular weight excluding hydrogens is 346 g/mol. The van der Waals surface area contributed by atoms with Gasteiger partial charge in [0.15, 0.2) is 11.6 Å². The second-order valence-electron chi connectivity index (χ2n) is 6.19. The highest BCUT2D eigenvalue weighted by molar-refractivity contribution is 7.71. The van der Waals surface area contributed by atoms with Gasteiger partial charge in [0.05, 0.1) is 5.69 Å². The maximum Gasteiger partial charge on any atom is 0.195 e. The van der Waals surface area contributed by atoms with Gasteiger partial charge in [0.1, 0.15) is 4.64 Å². The molecule has 0 bridgehead atoms. The number of Topliss-reactive ketones (excluding diaryl/α,β-unsaturated/α-hetero) is 1. The lowest BCUT2D eigenvalue weighted by molar-refractivity contribution is 0.0965. The third-order valence-corrected chi connectivity index (χ3v) is 4.98. The van der Waals surface area contributed by atoms with Crippen LogP contribution in [0.4, 0.5) is 0 Å². The number of hydrogen-bond acceptors (Lipinski definition) is 4. The number of fused-ring (bicyclic) bond motifs is 3.